The van der Waals surface area contributed by atoms with Gasteiger partial charge in [0.05, 0.1) is 5.92 Å². The highest BCUT2D eigenvalue weighted by Crippen LogP contribution is 2.26. The zero-order valence-electron chi connectivity index (χ0n) is 13.0. The van der Waals surface area contributed by atoms with Crippen molar-refractivity contribution < 1.29 is 9.59 Å². The van der Waals surface area contributed by atoms with E-state index in [1.165, 1.54) is 32.1 Å². The maximum absolute atomic E-state index is 12.3. The second-order valence-corrected chi connectivity index (χ2v) is 6.49. The Labute approximate surface area is 131 Å². The number of nitrogens with zero attached hydrogens (tertiary/aromatic N) is 1. The maximum atomic E-state index is 12.3. The molecule has 0 spiro atoms. The molecule has 4 heteroatoms. The predicted molar refractivity (Wildman–Crippen MR) is 86.5 cm³/mol. The number of benzene rings is 1. The Morgan fingerprint density at radius 2 is 1.86 bits per heavy atom. The van der Waals surface area contributed by atoms with Crippen LogP contribution < -0.4 is 10.2 Å². The lowest BCUT2D eigenvalue weighted by Crippen LogP contribution is -2.36. The van der Waals surface area contributed by atoms with E-state index in [4.69, 9.17) is 0 Å². The highest BCUT2D eigenvalue weighted by atomic mass is 16.2. The van der Waals surface area contributed by atoms with Crippen molar-refractivity contribution in [3.8, 4) is 0 Å². The van der Waals surface area contributed by atoms with Crippen molar-refractivity contribution in [3.63, 3.8) is 0 Å². The fraction of sp³-hybridized carbons (Fsp3) is 0.556. The molecule has 4 nitrogen and oxygen atoms in total. The first-order valence-corrected chi connectivity index (χ1v) is 8.37. The molecule has 1 atom stereocenters. The number of nitrogens with one attached hydrogen (secondary N) is 1. The third kappa shape index (κ3) is 3.49. The van der Waals surface area contributed by atoms with E-state index in [2.05, 4.69) is 5.32 Å². The number of rotatable bonds is 4. The summed E-state index contributed by atoms with van der Waals surface area (Å²) < 4.78 is 0. The lowest BCUT2D eigenvalue weighted by molar-refractivity contribution is -0.126. The summed E-state index contributed by atoms with van der Waals surface area (Å²) in [4.78, 5) is 26.2. The highest BCUT2D eigenvalue weighted by Gasteiger charge is 2.35. The lowest BCUT2D eigenvalue weighted by atomic mass is 9.89. The van der Waals surface area contributed by atoms with Crippen molar-refractivity contribution in [1.29, 1.82) is 0 Å². The molecule has 0 aromatic heterocycles. The number of para-hydroxylation sites is 1. The van der Waals surface area contributed by atoms with Crippen LogP contribution in [0.25, 0.3) is 0 Å². The van der Waals surface area contributed by atoms with Crippen molar-refractivity contribution >= 4 is 17.5 Å². The molecular formula is C18H24N2O2. The Morgan fingerprint density at radius 1 is 1.14 bits per heavy atom. The van der Waals surface area contributed by atoms with Crippen LogP contribution in [-0.2, 0) is 9.59 Å². The molecule has 22 heavy (non-hydrogen) atoms. The summed E-state index contributed by atoms with van der Waals surface area (Å²) in [5.74, 6) is 0.498. The van der Waals surface area contributed by atoms with Crippen LogP contribution in [0.2, 0.25) is 0 Å². The number of anilines is 1. The second kappa shape index (κ2) is 6.95. The van der Waals surface area contributed by atoms with E-state index in [0.717, 1.165) is 12.2 Å². The second-order valence-electron chi connectivity index (χ2n) is 6.49. The van der Waals surface area contributed by atoms with Gasteiger partial charge in [0.15, 0.2) is 0 Å². The minimum atomic E-state index is -0.212. The third-order valence-electron chi connectivity index (χ3n) is 4.85. The molecule has 1 saturated heterocycles. The first kappa shape index (κ1) is 15.1. The molecule has 2 aliphatic rings. The van der Waals surface area contributed by atoms with Gasteiger partial charge in [-0.2, -0.15) is 0 Å². The summed E-state index contributed by atoms with van der Waals surface area (Å²) in [6.07, 6.45) is 6.66. The molecular weight excluding hydrogens is 276 g/mol. The summed E-state index contributed by atoms with van der Waals surface area (Å²) in [6, 6.07) is 9.59. The molecule has 0 bridgehead atoms. The van der Waals surface area contributed by atoms with E-state index >= 15 is 0 Å². The molecule has 1 aliphatic heterocycles. The monoisotopic (exact) mass is 300 g/mol. The number of hydrogen-bond donors (Lipinski definition) is 1. The van der Waals surface area contributed by atoms with Gasteiger partial charge in [-0.25, -0.2) is 0 Å². The topological polar surface area (TPSA) is 49.4 Å². The molecule has 1 aliphatic carbocycles. The minimum absolute atomic E-state index is 0.0392. The van der Waals surface area contributed by atoms with Crippen LogP contribution in [-0.4, -0.2) is 24.9 Å². The standard InChI is InChI=1S/C18H24N2O2/c21-17-11-15(13-20(17)16-9-5-2-6-10-16)18(22)19-12-14-7-3-1-4-8-14/h2,5-6,9-10,14-15H,1,3-4,7-8,11-13H2,(H,19,22)/t15-/m1/s1. The Morgan fingerprint density at radius 3 is 2.59 bits per heavy atom. The highest BCUT2D eigenvalue weighted by molar-refractivity contribution is 6.00. The Hall–Kier alpha value is -1.84. The van der Waals surface area contributed by atoms with Gasteiger partial charge >= 0.3 is 0 Å². The van der Waals surface area contributed by atoms with Gasteiger partial charge < -0.3 is 10.2 Å². The molecule has 0 unspecified atom stereocenters. The fourth-order valence-corrected chi connectivity index (χ4v) is 3.52. The molecule has 3 rings (SSSR count). The Balaban J connectivity index is 1.52. The normalized spacial score (nSPS) is 22.8. The third-order valence-corrected chi connectivity index (χ3v) is 4.85. The van der Waals surface area contributed by atoms with Crippen LogP contribution in [0, 0.1) is 11.8 Å². The lowest BCUT2D eigenvalue weighted by Gasteiger charge is -2.22. The van der Waals surface area contributed by atoms with Gasteiger partial charge in [0.25, 0.3) is 0 Å². The fourth-order valence-electron chi connectivity index (χ4n) is 3.52. The van der Waals surface area contributed by atoms with Gasteiger partial charge in [-0.05, 0) is 30.9 Å². The van der Waals surface area contributed by atoms with E-state index in [1.54, 1.807) is 4.90 Å². The van der Waals surface area contributed by atoms with Crippen LogP contribution in [0.5, 0.6) is 0 Å². The maximum Gasteiger partial charge on any atom is 0.227 e. The molecule has 1 aromatic carbocycles. The molecule has 2 amide bonds. The van der Waals surface area contributed by atoms with Crippen molar-refractivity contribution in [3.05, 3.63) is 30.3 Å². The van der Waals surface area contributed by atoms with E-state index in [0.29, 0.717) is 18.9 Å². The summed E-state index contributed by atoms with van der Waals surface area (Å²) in [6.45, 7) is 1.27. The summed E-state index contributed by atoms with van der Waals surface area (Å²) in [5.41, 5.74) is 0.884. The molecule has 0 radical (unpaired) electrons. The predicted octanol–water partition coefficient (Wildman–Crippen LogP) is 2.74. The first-order chi connectivity index (χ1) is 10.7. The van der Waals surface area contributed by atoms with Crippen LogP contribution in [0.4, 0.5) is 5.69 Å². The Kier molecular flexibility index (Phi) is 4.76. The van der Waals surface area contributed by atoms with Gasteiger partial charge in [0.2, 0.25) is 11.8 Å². The molecule has 118 valence electrons. The van der Waals surface area contributed by atoms with Crippen molar-refractivity contribution in [1.82, 2.24) is 5.32 Å². The average Bonchev–Trinajstić information content (AvgIpc) is 2.96. The van der Waals surface area contributed by atoms with Gasteiger partial charge in [0, 0.05) is 25.2 Å². The van der Waals surface area contributed by atoms with Crippen LogP contribution in [0.15, 0.2) is 30.3 Å². The zero-order chi connectivity index (χ0) is 15.4. The van der Waals surface area contributed by atoms with E-state index in [1.807, 2.05) is 30.3 Å². The smallest absolute Gasteiger partial charge is 0.227 e. The molecule has 1 saturated carbocycles. The molecule has 1 aromatic rings. The van der Waals surface area contributed by atoms with E-state index < -0.39 is 0 Å². The van der Waals surface area contributed by atoms with Crippen LogP contribution in [0.3, 0.4) is 0 Å². The largest absolute Gasteiger partial charge is 0.356 e. The number of carbonyl (C=O) groups excluding carboxylic acids is 2. The van der Waals surface area contributed by atoms with E-state index in [-0.39, 0.29) is 17.7 Å². The van der Waals surface area contributed by atoms with Gasteiger partial charge in [-0.15, -0.1) is 0 Å². The molecule has 1 N–H and O–H groups in total. The van der Waals surface area contributed by atoms with Gasteiger partial charge in [-0.3, -0.25) is 9.59 Å². The number of carbonyl (C=O) groups is 2. The zero-order valence-corrected chi connectivity index (χ0v) is 13.0. The SMILES string of the molecule is O=C(NCC1CCCCC1)[C@@H]1CC(=O)N(c2ccccc2)C1. The number of hydrogen-bond acceptors (Lipinski definition) is 2. The van der Waals surface area contributed by atoms with Crippen molar-refractivity contribution in [2.75, 3.05) is 18.0 Å². The minimum Gasteiger partial charge on any atom is -0.356 e. The average molecular weight is 300 g/mol. The molecule has 2 fully saturated rings. The van der Waals surface area contributed by atoms with Crippen molar-refractivity contribution in [2.45, 2.75) is 38.5 Å². The summed E-state index contributed by atoms with van der Waals surface area (Å²) in [7, 11) is 0. The summed E-state index contributed by atoms with van der Waals surface area (Å²) in [5, 5.41) is 3.07. The number of amides is 2. The van der Waals surface area contributed by atoms with E-state index in [9.17, 15) is 9.59 Å². The van der Waals surface area contributed by atoms with Crippen LogP contribution in [0.1, 0.15) is 38.5 Å². The van der Waals surface area contributed by atoms with Gasteiger partial charge in [-0.1, -0.05) is 37.5 Å². The van der Waals surface area contributed by atoms with Crippen LogP contribution >= 0.6 is 0 Å². The first-order valence-electron chi connectivity index (χ1n) is 8.37. The Bertz CT molecular complexity index is 523. The van der Waals surface area contributed by atoms with Gasteiger partial charge in [0.1, 0.15) is 0 Å². The quantitative estimate of drug-likeness (QED) is 0.929. The summed E-state index contributed by atoms with van der Waals surface area (Å²) >= 11 is 0. The van der Waals surface area contributed by atoms with Crippen molar-refractivity contribution in [2.24, 2.45) is 11.8 Å². The molecule has 1 heterocycles.